The highest BCUT2D eigenvalue weighted by atomic mass is 79.9. The van der Waals surface area contributed by atoms with E-state index < -0.39 is 0 Å². The topological polar surface area (TPSA) is 24.1 Å². The summed E-state index contributed by atoms with van der Waals surface area (Å²) in [4.78, 5) is 0. The Morgan fingerprint density at radius 1 is 1.25 bits per heavy atom. The zero-order valence-electron chi connectivity index (χ0n) is 9.90. The summed E-state index contributed by atoms with van der Waals surface area (Å²) in [5, 5.41) is 7.48. The standard InChI is InChI=1S/C12H18BrClN2/c1-12(2,3)16-8-7-15-10-6-4-5-9(14)11(10)13/h4-6,15-16H,7-8H2,1-3H3. The molecule has 90 valence electrons. The van der Waals surface area contributed by atoms with Gasteiger partial charge in [-0.1, -0.05) is 17.7 Å². The van der Waals surface area contributed by atoms with Crippen molar-refractivity contribution in [1.82, 2.24) is 5.32 Å². The minimum Gasteiger partial charge on any atom is -0.383 e. The normalized spacial score (nSPS) is 11.6. The largest absolute Gasteiger partial charge is 0.383 e. The van der Waals surface area contributed by atoms with Gasteiger partial charge in [-0.05, 0) is 48.8 Å². The molecule has 0 unspecified atom stereocenters. The summed E-state index contributed by atoms with van der Waals surface area (Å²) in [6, 6.07) is 5.81. The second kappa shape index (κ2) is 5.89. The van der Waals surface area contributed by atoms with E-state index in [-0.39, 0.29) is 5.54 Å². The highest BCUT2D eigenvalue weighted by Crippen LogP contribution is 2.29. The van der Waals surface area contributed by atoms with E-state index in [0.29, 0.717) is 0 Å². The minimum atomic E-state index is 0.160. The van der Waals surface area contributed by atoms with Crippen molar-refractivity contribution in [1.29, 1.82) is 0 Å². The Bertz CT molecular complexity index is 347. The fourth-order valence-electron chi connectivity index (χ4n) is 1.27. The number of halogens is 2. The van der Waals surface area contributed by atoms with Gasteiger partial charge in [0, 0.05) is 24.3 Å². The number of hydrogen-bond donors (Lipinski definition) is 2. The van der Waals surface area contributed by atoms with E-state index in [1.165, 1.54) is 0 Å². The Labute approximate surface area is 111 Å². The molecule has 0 fully saturated rings. The van der Waals surface area contributed by atoms with Gasteiger partial charge >= 0.3 is 0 Å². The summed E-state index contributed by atoms with van der Waals surface area (Å²) in [7, 11) is 0. The molecule has 0 radical (unpaired) electrons. The van der Waals surface area contributed by atoms with Gasteiger partial charge < -0.3 is 10.6 Å². The molecule has 0 spiro atoms. The maximum absolute atomic E-state index is 6.00. The van der Waals surface area contributed by atoms with Gasteiger partial charge in [0.15, 0.2) is 0 Å². The van der Waals surface area contributed by atoms with E-state index in [2.05, 4.69) is 47.3 Å². The Balaban J connectivity index is 2.41. The van der Waals surface area contributed by atoms with Crippen LogP contribution in [0.15, 0.2) is 22.7 Å². The molecule has 2 N–H and O–H groups in total. The molecule has 0 aliphatic heterocycles. The van der Waals surface area contributed by atoms with Gasteiger partial charge in [0.25, 0.3) is 0 Å². The molecule has 4 heteroatoms. The Morgan fingerprint density at radius 2 is 1.94 bits per heavy atom. The van der Waals surface area contributed by atoms with E-state index >= 15 is 0 Å². The smallest absolute Gasteiger partial charge is 0.0593 e. The highest BCUT2D eigenvalue weighted by molar-refractivity contribution is 9.10. The van der Waals surface area contributed by atoms with Crippen LogP contribution >= 0.6 is 27.5 Å². The van der Waals surface area contributed by atoms with E-state index in [0.717, 1.165) is 28.3 Å². The highest BCUT2D eigenvalue weighted by Gasteiger charge is 2.07. The predicted molar refractivity (Wildman–Crippen MR) is 75.4 cm³/mol. The van der Waals surface area contributed by atoms with Crippen molar-refractivity contribution >= 4 is 33.2 Å². The first-order valence-electron chi connectivity index (χ1n) is 5.33. The molecule has 0 aliphatic rings. The summed E-state index contributed by atoms with van der Waals surface area (Å²) < 4.78 is 0.924. The molecule has 0 saturated carbocycles. The van der Waals surface area contributed by atoms with Crippen molar-refractivity contribution in [2.45, 2.75) is 26.3 Å². The molecule has 16 heavy (non-hydrogen) atoms. The van der Waals surface area contributed by atoms with Crippen LogP contribution in [0, 0.1) is 0 Å². The summed E-state index contributed by atoms with van der Waals surface area (Å²) in [6.07, 6.45) is 0. The van der Waals surface area contributed by atoms with Gasteiger partial charge in [0.05, 0.1) is 9.50 Å². The number of anilines is 1. The number of benzene rings is 1. The summed E-state index contributed by atoms with van der Waals surface area (Å²) in [5.74, 6) is 0. The van der Waals surface area contributed by atoms with Crippen LogP contribution in [0.4, 0.5) is 5.69 Å². The van der Waals surface area contributed by atoms with Gasteiger partial charge in [-0.25, -0.2) is 0 Å². The van der Waals surface area contributed by atoms with Gasteiger partial charge in [-0.15, -0.1) is 0 Å². The quantitative estimate of drug-likeness (QED) is 0.824. The van der Waals surface area contributed by atoms with Crippen LogP contribution in [0.3, 0.4) is 0 Å². The average molecular weight is 306 g/mol. The monoisotopic (exact) mass is 304 g/mol. The molecule has 0 atom stereocenters. The SMILES string of the molecule is CC(C)(C)NCCNc1cccc(Cl)c1Br. The Kier molecular flexibility index (Phi) is 5.09. The lowest BCUT2D eigenvalue weighted by Gasteiger charge is -2.21. The third kappa shape index (κ3) is 4.73. The molecule has 0 aliphatic carbocycles. The van der Waals surface area contributed by atoms with Crippen LogP contribution in [0.2, 0.25) is 5.02 Å². The second-order valence-corrected chi connectivity index (χ2v) is 5.91. The van der Waals surface area contributed by atoms with Crippen LogP contribution in [0.1, 0.15) is 20.8 Å². The molecule has 1 aromatic rings. The predicted octanol–water partition coefficient (Wildman–Crippen LogP) is 3.90. The van der Waals surface area contributed by atoms with Gasteiger partial charge in [-0.2, -0.15) is 0 Å². The maximum Gasteiger partial charge on any atom is 0.0593 e. The van der Waals surface area contributed by atoms with Gasteiger partial charge in [0.2, 0.25) is 0 Å². The lowest BCUT2D eigenvalue weighted by atomic mass is 10.1. The fourth-order valence-corrected chi connectivity index (χ4v) is 1.85. The van der Waals surface area contributed by atoms with E-state index in [9.17, 15) is 0 Å². The first kappa shape index (κ1) is 13.8. The molecule has 1 rings (SSSR count). The Hall–Kier alpha value is -0.250. The number of rotatable bonds is 4. The number of hydrogen-bond acceptors (Lipinski definition) is 2. The molecular formula is C12H18BrClN2. The van der Waals surface area contributed by atoms with Crippen molar-refractivity contribution in [3.63, 3.8) is 0 Å². The summed E-state index contributed by atoms with van der Waals surface area (Å²) >= 11 is 9.45. The van der Waals surface area contributed by atoms with Crippen molar-refractivity contribution in [3.8, 4) is 0 Å². The maximum atomic E-state index is 6.00. The van der Waals surface area contributed by atoms with Crippen molar-refractivity contribution in [2.24, 2.45) is 0 Å². The molecule has 0 saturated heterocycles. The van der Waals surface area contributed by atoms with Crippen LogP contribution in [-0.2, 0) is 0 Å². The van der Waals surface area contributed by atoms with Crippen molar-refractivity contribution < 1.29 is 0 Å². The van der Waals surface area contributed by atoms with E-state index in [1.54, 1.807) is 0 Å². The fraction of sp³-hybridized carbons (Fsp3) is 0.500. The van der Waals surface area contributed by atoms with Crippen molar-refractivity contribution in [2.75, 3.05) is 18.4 Å². The zero-order valence-corrected chi connectivity index (χ0v) is 12.2. The molecular weight excluding hydrogens is 288 g/mol. The molecule has 0 heterocycles. The first-order valence-corrected chi connectivity index (χ1v) is 6.50. The summed E-state index contributed by atoms with van der Waals surface area (Å²) in [5.41, 5.74) is 1.19. The van der Waals surface area contributed by atoms with Crippen molar-refractivity contribution in [3.05, 3.63) is 27.7 Å². The van der Waals surface area contributed by atoms with Crippen LogP contribution in [0.25, 0.3) is 0 Å². The Morgan fingerprint density at radius 3 is 2.56 bits per heavy atom. The van der Waals surface area contributed by atoms with Gasteiger partial charge in [0.1, 0.15) is 0 Å². The average Bonchev–Trinajstić information content (AvgIpc) is 2.17. The zero-order chi connectivity index (χ0) is 12.2. The molecule has 0 amide bonds. The molecule has 1 aromatic carbocycles. The van der Waals surface area contributed by atoms with Crippen LogP contribution in [-0.4, -0.2) is 18.6 Å². The third-order valence-electron chi connectivity index (χ3n) is 2.05. The lowest BCUT2D eigenvalue weighted by molar-refractivity contribution is 0.435. The minimum absolute atomic E-state index is 0.160. The van der Waals surface area contributed by atoms with E-state index in [4.69, 9.17) is 11.6 Å². The van der Waals surface area contributed by atoms with E-state index in [1.807, 2.05) is 18.2 Å². The number of nitrogens with one attached hydrogen (secondary N) is 2. The molecule has 0 bridgehead atoms. The third-order valence-corrected chi connectivity index (χ3v) is 3.44. The molecule has 0 aromatic heterocycles. The second-order valence-electron chi connectivity index (χ2n) is 4.70. The summed E-state index contributed by atoms with van der Waals surface area (Å²) in [6.45, 7) is 8.26. The lowest BCUT2D eigenvalue weighted by Crippen LogP contribution is -2.38. The molecule has 2 nitrogen and oxygen atoms in total. The van der Waals surface area contributed by atoms with Crippen LogP contribution in [0.5, 0.6) is 0 Å². The van der Waals surface area contributed by atoms with Crippen LogP contribution < -0.4 is 10.6 Å². The first-order chi connectivity index (χ1) is 7.40. The van der Waals surface area contributed by atoms with Gasteiger partial charge in [-0.3, -0.25) is 0 Å².